The van der Waals surface area contributed by atoms with Gasteiger partial charge in [-0.1, -0.05) is 60.7 Å². The molecule has 0 aliphatic carbocycles. The van der Waals surface area contributed by atoms with Gasteiger partial charge in [0.1, 0.15) is 18.5 Å². The first kappa shape index (κ1) is 25.0. The smallest absolute Gasteiger partial charge is 0.410 e. The standard InChI is InChI=1S/C29H29NO6/c1-34-24-16-14-23(15-17-24)28(32)36-27-13-8-18-30(29(33)35-20-21-9-4-2-5-10-21)25(27)19-26(31)22-11-6-3-7-12-22/h2-7,9-12,14-17,25,27H,8,13,18-20H2,1H3/t25-,27+/m0/s1. The van der Waals surface area contributed by atoms with Gasteiger partial charge in [0.15, 0.2) is 5.78 Å². The number of hydrogen-bond donors (Lipinski definition) is 0. The maximum Gasteiger partial charge on any atom is 0.410 e. The summed E-state index contributed by atoms with van der Waals surface area (Å²) in [5.74, 6) is -0.0175. The first-order valence-corrected chi connectivity index (χ1v) is 12.0. The van der Waals surface area contributed by atoms with E-state index in [1.165, 1.54) is 4.90 Å². The van der Waals surface area contributed by atoms with Gasteiger partial charge in [-0.25, -0.2) is 9.59 Å². The number of ether oxygens (including phenoxy) is 3. The van der Waals surface area contributed by atoms with Crippen molar-refractivity contribution < 1.29 is 28.6 Å². The predicted molar refractivity (Wildman–Crippen MR) is 134 cm³/mol. The molecule has 1 saturated heterocycles. The second-order valence-corrected chi connectivity index (χ2v) is 8.61. The van der Waals surface area contributed by atoms with Crippen molar-refractivity contribution in [2.75, 3.05) is 13.7 Å². The second kappa shape index (κ2) is 12.0. The summed E-state index contributed by atoms with van der Waals surface area (Å²) in [6, 6.07) is 24.3. The Bertz CT molecular complexity index is 1160. The van der Waals surface area contributed by atoms with Gasteiger partial charge in [-0.2, -0.15) is 0 Å². The molecule has 1 heterocycles. The number of carbonyl (C=O) groups excluding carboxylic acids is 3. The van der Waals surface area contributed by atoms with Crippen LogP contribution in [-0.4, -0.2) is 48.5 Å². The Morgan fingerprint density at radius 3 is 2.19 bits per heavy atom. The molecule has 0 saturated carbocycles. The van der Waals surface area contributed by atoms with Crippen molar-refractivity contribution in [3.63, 3.8) is 0 Å². The molecule has 0 radical (unpaired) electrons. The average molecular weight is 488 g/mol. The van der Waals surface area contributed by atoms with Gasteiger partial charge in [0.05, 0.1) is 18.7 Å². The lowest BCUT2D eigenvalue weighted by molar-refractivity contribution is -0.0241. The van der Waals surface area contributed by atoms with Crippen LogP contribution in [0.5, 0.6) is 5.75 Å². The van der Waals surface area contributed by atoms with Crippen LogP contribution in [0.4, 0.5) is 4.79 Å². The quantitative estimate of drug-likeness (QED) is 0.317. The number of hydrogen-bond acceptors (Lipinski definition) is 6. The zero-order valence-electron chi connectivity index (χ0n) is 20.2. The molecule has 36 heavy (non-hydrogen) atoms. The fourth-order valence-corrected chi connectivity index (χ4v) is 4.29. The Morgan fingerprint density at radius 1 is 0.861 bits per heavy atom. The molecule has 4 rings (SSSR count). The van der Waals surface area contributed by atoms with Crippen LogP contribution in [-0.2, 0) is 16.1 Å². The lowest BCUT2D eigenvalue weighted by Gasteiger charge is -2.39. The highest BCUT2D eigenvalue weighted by atomic mass is 16.6. The molecular formula is C29H29NO6. The summed E-state index contributed by atoms with van der Waals surface area (Å²) in [4.78, 5) is 40.7. The number of ketones is 1. The van der Waals surface area contributed by atoms with E-state index in [0.717, 1.165) is 5.56 Å². The Labute approximate surface area is 210 Å². The number of esters is 1. The van der Waals surface area contributed by atoms with E-state index in [0.29, 0.717) is 36.3 Å². The Balaban J connectivity index is 1.52. The molecule has 2 atom stereocenters. The fourth-order valence-electron chi connectivity index (χ4n) is 4.29. The minimum absolute atomic E-state index is 0.0189. The summed E-state index contributed by atoms with van der Waals surface area (Å²) >= 11 is 0. The van der Waals surface area contributed by atoms with Gasteiger partial charge < -0.3 is 19.1 Å². The summed E-state index contributed by atoms with van der Waals surface area (Å²) in [5, 5.41) is 0. The third kappa shape index (κ3) is 6.30. The van der Waals surface area contributed by atoms with E-state index in [9.17, 15) is 14.4 Å². The number of amides is 1. The van der Waals surface area contributed by atoms with Gasteiger partial charge in [0, 0.05) is 18.5 Å². The third-order valence-corrected chi connectivity index (χ3v) is 6.23. The summed E-state index contributed by atoms with van der Waals surface area (Å²) in [5.41, 5.74) is 1.77. The largest absolute Gasteiger partial charge is 0.497 e. The molecule has 1 amide bonds. The molecule has 0 aromatic heterocycles. The summed E-state index contributed by atoms with van der Waals surface area (Å²) in [7, 11) is 1.55. The van der Waals surface area contributed by atoms with E-state index < -0.39 is 24.2 Å². The highest BCUT2D eigenvalue weighted by Crippen LogP contribution is 2.27. The maximum absolute atomic E-state index is 13.1. The van der Waals surface area contributed by atoms with Crippen molar-refractivity contribution >= 4 is 17.8 Å². The fraction of sp³-hybridized carbons (Fsp3) is 0.276. The molecule has 3 aromatic rings. The number of methoxy groups -OCH3 is 1. The van der Waals surface area contributed by atoms with E-state index in [1.807, 2.05) is 36.4 Å². The number of rotatable bonds is 8. The van der Waals surface area contributed by atoms with Crippen LogP contribution in [0.1, 0.15) is 45.5 Å². The van der Waals surface area contributed by atoms with Crippen LogP contribution in [0.25, 0.3) is 0 Å². The number of carbonyl (C=O) groups is 3. The minimum Gasteiger partial charge on any atom is -0.497 e. The van der Waals surface area contributed by atoms with Crippen LogP contribution in [0.15, 0.2) is 84.9 Å². The van der Waals surface area contributed by atoms with Gasteiger partial charge in [0.25, 0.3) is 0 Å². The van der Waals surface area contributed by atoms with E-state index >= 15 is 0 Å². The molecule has 0 N–H and O–H groups in total. The molecule has 7 nitrogen and oxygen atoms in total. The van der Waals surface area contributed by atoms with Crippen molar-refractivity contribution in [3.8, 4) is 5.75 Å². The zero-order valence-corrected chi connectivity index (χ0v) is 20.2. The number of likely N-dealkylation sites (tertiary alicyclic amines) is 1. The van der Waals surface area contributed by atoms with Crippen LogP contribution in [0.2, 0.25) is 0 Å². The maximum atomic E-state index is 13.1. The van der Waals surface area contributed by atoms with Gasteiger partial charge in [-0.05, 0) is 42.7 Å². The van der Waals surface area contributed by atoms with Crippen molar-refractivity contribution in [2.45, 2.75) is 38.0 Å². The normalized spacial score (nSPS) is 17.2. The number of nitrogens with zero attached hydrogens (tertiary/aromatic N) is 1. The molecule has 7 heteroatoms. The van der Waals surface area contributed by atoms with Crippen molar-refractivity contribution in [1.29, 1.82) is 0 Å². The molecule has 0 unspecified atom stereocenters. The molecule has 1 fully saturated rings. The van der Waals surface area contributed by atoms with Gasteiger partial charge >= 0.3 is 12.1 Å². The van der Waals surface area contributed by atoms with E-state index in [2.05, 4.69) is 0 Å². The number of Topliss-reactive ketones (excluding diaryl/α,β-unsaturated/α-hetero) is 1. The Morgan fingerprint density at radius 2 is 1.53 bits per heavy atom. The average Bonchev–Trinajstić information content (AvgIpc) is 2.93. The molecule has 0 bridgehead atoms. The lowest BCUT2D eigenvalue weighted by Crippen LogP contribution is -2.53. The van der Waals surface area contributed by atoms with Crippen molar-refractivity contribution in [2.24, 2.45) is 0 Å². The SMILES string of the molecule is COc1ccc(C(=O)O[C@@H]2CCCN(C(=O)OCc3ccccc3)[C@H]2CC(=O)c2ccccc2)cc1. The molecule has 186 valence electrons. The Kier molecular flexibility index (Phi) is 8.34. The number of benzene rings is 3. The van der Waals surface area contributed by atoms with E-state index in [1.54, 1.807) is 55.6 Å². The van der Waals surface area contributed by atoms with Crippen LogP contribution in [0.3, 0.4) is 0 Å². The van der Waals surface area contributed by atoms with Gasteiger partial charge in [-0.3, -0.25) is 4.79 Å². The highest BCUT2D eigenvalue weighted by molar-refractivity contribution is 5.96. The second-order valence-electron chi connectivity index (χ2n) is 8.61. The first-order chi connectivity index (χ1) is 17.5. The predicted octanol–water partition coefficient (Wildman–Crippen LogP) is 5.29. The van der Waals surface area contributed by atoms with E-state index in [-0.39, 0.29) is 18.8 Å². The third-order valence-electron chi connectivity index (χ3n) is 6.23. The van der Waals surface area contributed by atoms with Gasteiger partial charge in [0.2, 0.25) is 0 Å². The number of piperidine rings is 1. The Hall–Kier alpha value is -4.13. The van der Waals surface area contributed by atoms with Crippen molar-refractivity contribution in [3.05, 3.63) is 102 Å². The highest BCUT2D eigenvalue weighted by Gasteiger charge is 2.39. The van der Waals surface area contributed by atoms with Crippen LogP contribution >= 0.6 is 0 Å². The molecule has 0 spiro atoms. The monoisotopic (exact) mass is 487 g/mol. The molecule has 1 aliphatic heterocycles. The van der Waals surface area contributed by atoms with Gasteiger partial charge in [-0.15, -0.1) is 0 Å². The topological polar surface area (TPSA) is 82.1 Å². The lowest BCUT2D eigenvalue weighted by atomic mass is 9.92. The minimum atomic E-state index is -0.648. The molecule has 3 aromatic carbocycles. The summed E-state index contributed by atoms with van der Waals surface area (Å²) in [6.45, 7) is 0.531. The molecule has 1 aliphatic rings. The first-order valence-electron chi connectivity index (χ1n) is 12.0. The summed E-state index contributed by atoms with van der Waals surface area (Å²) in [6.07, 6.45) is -0.000678. The summed E-state index contributed by atoms with van der Waals surface area (Å²) < 4.78 is 16.6. The van der Waals surface area contributed by atoms with Crippen LogP contribution in [0, 0.1) is 0 Å². The zero-order chi connectivity index (χ0) is 25.3. The molecular weight excluding hydrogens is 458 g/mol. The van der Waals surface area contributed by atoms with Crippen molar-refractivity contribution in [1.82, 2.24) is 4.90 Å². The van der Waals surface area contributed by atoms with E-state index in [4.69, 9.17) is 14.2 Å². The van der Waals surface area contributed by atoms with Crippen LogP contribution < -0.4 is 4.74 Å².